The molecular formula is C22H43NNa2O6S. The molecule has 0 heterocycles. The topological polar surface area (TPSA) is 110 Å². The van der Waals surface area contributed by atoms with Crippen LogP contribution in [0, 0.1) is 0 Å². The molecule has 0 aromatic heterocycles. The molecule has 0 aliphatic heterocycles. The Morgan fingerprint density at radius 3 is 1.44 bits per heavy atom. The molecule has 0 unspecified atom stereocenters. The number of unbranched alkanes of at least 4 members (excludes halogenated alkanes) is 15. The second-order valence-corrected chi connectivity index (χ2v) is 9.06. The van der Waals surface area contributed by atoms with Crippen LogP contribution >= 0.6 is 0 Å². The van der Waals surface area contributed by atoms with Crippen LogP contribution < -0.4 is 5.32 Å². The maximum atomic E-state index is 11.5. The summed E-state index contributed by atoms with van der Waals surface area (Å²) in [6.07, 6.45) is 20.2. The predicted molar refractivity (Wildman–Crippen MR) is 131 cm³/mol. The van der Waals surface area contributed by atoms with Crippen LogP contribution in [0.1, 0.15) is 122 Å². The van der Waals surface area contributed by atoms with Gasteiger partial charge in [0.25, 0.3) is 0 Å². The van der Waals surface area contributed by atoms with Gasteiger partial charge in [0.15, 0.2) is 0 Å². The van der Waals surface area contributed by atoms with E-state index in [2.05, 4.69) is 16.4 Å². The van der Waals surface area contributed by atoms with Crippen LogP contribution in [0.15, 0.2) is 0 Å². The Hall–Kier alpha value is 0.850. The first kappa shape index (κ1) is 37.4. The summed E-state index contributed by atoms with van der Waals surface area (Å²) >= 11 is 0. The average Bonchev–Trinajstić information content (AvgIpc) is 2.67. The molecule has 0 saturated carbocycles. The van der Waals surface area contributed by atoms with Crippen LogP contribution in [-0.2, 0) is 24.2 Å². The van der Waals surface area contributed by atoms with E-state index in [0.717, 1.165) is 19.3 Å². The van der Waals surface area contributed by atoms with Crippen molar-refractivity contribution < 1.29 is 26.7 Å². The van der Waals surface area contributed by atoms with Gasteiger partial charge in [0, 0.05) is 72.1 Å². The minimum atomic E-state index is -4.80. The fourth-order valence-electron chi connectivity index (χ4n) is 3.36. The third kappa shape index (κ3) is 30.9. The van der Waals surface area contributed by atoms with Crippen molar-refractivity contribution in [3.8, 4) is 0 Å². The molecule has 0 aliphatic carbocycles. The summed E-state index contributed by atoms with van der Waals surface area (Å²) < 4.78 is 32.8. The smallest absolute Gasteiger partial charge is 0.356 e. The SMILES string of the molecule is CCCCCCCCCCCCCCCCCCNC(=O)CCC(=O)OS(=O)(=O)O.[Na].[Na]. The third-order valence-electron chi connectivity index (χ3n) is 5.11. The van der Waals surface area contributed by atoms with Gasteiger partial charge in [-0.2, -0.15) is 8.42 Å². The number of carbonyl (C=O) groups is 2. The molecule has 7 nitrogen and oxygen atoms in total. The fraction of sp³-hybridized carbons (Fsp3) is 0.909. The number of carbonyl (C=O) groups excluding carboxylic acids is 2. The van der Waals surface area contributed by atoms with Gasteiger partial charge in [-0.25, -0.2) is 0 Å². The summed E-state index contributed by atoms with van der Waals surface area (Å²) in [5, 5.41) is 2.69. The van der Waals surface area contributed by atoms with E-state index in [0.29, 0.717) is 6.54 Å². The number of hydrogen-bond donors (Lipinski definition) is 2. The normalized spacial score (nSPS) is 10.7. The second kappa shape index (κ2) is 26.5. The molecule has 2 radical (unpaired) electrons. The maximum absolute atomic E-state index is 11.5. The van der Waals surface area contributed by atoms with Crippen molar-refractivity contribution in [2.45, 2.75) is 122 Å². The first-order valence-electron chi connectivity index (χ1n) is 11.8. The minimum Gasteiger partial charge on any atom is -0.356 e. The molecule has 180 valence electrons. The monoisotopic (exact) mass is 495 g/mol. The quantitative estimate of drug-likeness (QED) is 0.135. The Balaban J connectivity index is -0.00000420. The number of nitrogens with one attached hydrogen (secondary N) is 1. The standard InChI is InChI=1S/C22H43NO6S.2Na/c1-2-3-4-5-6-7-8-9-10-11-12-13-14-15-16-17-20-23-21(24)18-19-22(25)29-30(26,27)28;;/h2-20H2,1H3,(H,23,24)(H,26,27,28);;. The Kier molecular flexibility index (Phi) is 30.9. The summed E-state index contributed by atoms with van der Waals surface area (Å²) in [6, 6.07) is 0. The van der Waals surface area contributed by atoms with E-state index in [1.165, 1.54) is 83.5 Å². The third-order valence-corrected chi connectivity index (χ3v) is 5.50. The second-order valence-electron chi connectivity index (χ2n) is 8.04. The Labute approximate surface area is 240 Å². The van der Waals surface area contributed by atoms with Crippen molar-refractivity contribution in [2.75, 3.05) is 6.54 Å². The number of rotatable bonds is 21. The van der Waals surface area contributed by atoms with Gasteiger partial charge >= 0.3 is 16.4 Å². The number of hydrogen-bond acceptors (Lipinski definition) is 5. The molecule has 0 atom stereocenters. The van der Waals surface area contributed by atoms with E-state index >= 15 is 0 Å². The molecule has 0 aromatic rings. The molecule has 0 aromatic carbocycles. The molecular weight excluding hydrogens is 452 g/mol. The average molecular weight is 496 g/mol. The van der Waals surface area contributed by atoms with Crippen LogP contribution in [-0.4, -0.2) is 90.5 Å². The van der Waals surface area contributed by atoms with Crippen molar-refractivity contribution in [1.82, 2.24) is 5.32 Å². The summed E-state index contributed by atoms with van der Waals surface area (Å²) in [4.78, 5) is 22.6. The van der Waals surface area contributed by atoms with E-state index in [4.69, 9.17) is 4.55 Å². The predicted octanol–water partition coefficient (Wildman–Crippen LogP) is 4.73. The van der Waals surface area contributed by atoms with E-state index < -0.39 is 16.4 Å². The molecule has 0 bridgehead atoms. The zero-order chi connectivity index (χ0) is 22.5. The van der Waals surface area contributed by atoms with Crippen molar-refractivity contribution in [3.63, 3.8) is 0 Å². The zero-order valence-corrected chi connectivity index (χ0v) is 25.6. The van der Waals surface area contributed by atoms with E-state index in [1.807, 2.05) is 0 Å². The van der Waals surface area contributed by atoms with Crippen molar-refractivity contribution in [2.24, 2.45) is 0 Å². The molecule has 0 saturated heterocycles. The van der Waals surface area contributed by atoms with Crippen LogP contribution in [0.5, 0.6) is 0 Å². The van der Waals surface area contributed by atoms with Crippen LogP contribution in [0.3, 0.4) is 0 Å². The largest absolute Gasteiger partial charge is 0.448 e. The summed E-state index contributed by atoms with van der Waals surface area (Å²) in [5.74, 6) is -1.47. The Morgan fingerprint density at radius 2 is 1.06 bits per heavy atom. The maximum Gasteiger partial charge on any atom is 0.448 e. The molecule has 2 N–H and O–H groups in total. The molecule has 0 spiro atoms. The molecule has 0 rings (SSSR count). The van der Waals surface area contributed by atoms with E-state index in [1.54, 1.807) is 0 Å². The van der Waals surface area contributed by atoms with E-state index in [-0.39, 0.29) is 77.9 Å². The van der Waals surface area contributed by atoms with Gasteiger partial charge in [-0.15, -0.1) is 0 Å². The molecule has 0 aliphatic rings. The van der Waals surface area contributed by atoms with Crippen LogP contribution in [0.2, 0.25) is 0 Å². The van der Waals surface area contributed by atoms with Crippen molar-refractivity contribution in [3.05, 3.63) is 0 Å². The van der Waals surface area contributed by atoms with Gasteiger partial charge in [0.05, 0.1) is 6.42 Å². The minimum absolute atomic E-state index is 0. The Bertz CT molecular complexity index is 547. The van der Waals surface area contributed by atoms with Gasteiger partial charge in [0.1, 0.15) is 0 Å². The van der Waals surface area contributed by atoms with Crippen LogP contribution in [0.4, 0.5) is 0 Å². The number of amides is 1. The van der Waals surface area contributed by atoms with E-state index in [9.17, 15) is 18.0 Å². The van der Waals surface area contributed by atoms with Gasteiger partial charge in [-0.1, -0.05) is 103 Å². The Morgan fingerprint density at radius 1 is 0.688 bits per heavy atom. The first-order chi connectivity index (χ1) is 14.3. The summed E-state index contributed by atoms with van der Waals surface area (Å²) in [5.41, 5.74) is 0. The molecule has 32 heavy (non-hydrogen) atoms. The molecule has 1 amide bonds. The molecule has 10 heteroatoms. The van der Waals surface area contributed by atoms with Crippen LogP contribution in [0.25, 0.3) is 0 Å². The summed E-state index contributed by atoms with van der Waals surface area (Å²) in [6.45, 7) is 2.80. The zero-order valence-electron chi connectivity index (χ0n) is 20.8. The van der Waals surface area contributed by atoms with Crippen molar-refractivity contribution >= 4 is 81.4 Å². The van der Waals surface area contributed by atoms with Gasteiger partial charge < -0.3 is 9.50 Å². The summed E-state index contributed by atoms with van der Waals surface area (Å²) in [7, 11) is -4.80. The molecule has 0 fully saturated rings. The first-order valence-corrected chi connectivity index (χ1v) is 13.2. The van der Waals surface area contributed by atoms with Gasteiger partial charge in [-0.3, -0.25) is 14.1 Å². The van der Waals surface area contributed by atoms with Crippen molar-refractivity contribution in [1.29, 1.82) is 0 Å². The van der Waals surface area contributed by atoms with Gasteiger partial charge in [-0.05, 0) is 6.42 Å². The fourth-order valence-corrected chi connectivity index (χ4v) is 3.68. The van der Waals surface area contributed by atoms with Gasteiger partial charge in [0.2, 0.25) is 5.91 Å².